The van der Waals surface area contributed by atoms with Crippen molar-refractivity contribution >= 4 is 63.9 Å². The number of anilines is 3. The Balaban J connectivity index is 0.000000153. The number of hydrogen-bond donors (Lipinski definition) is 0. The van der Waals surface area contributed by atoms with E-state index >= 15 is 0 Å². The molecule has 0 bridgehead atoms. The molecule has 33 heteroatoms. The first-order chi connectivity index (χ1) is 43.9. The quantitative estimate of drug-likeness (QED) is 0.0865. The first kappa shape index (κ1) is 67.8. The third-order valence-corrected chi connectivity index (χ3v) is 20.3. The van der Waals surface area contributed by atoms with Gasteiger partial charge in [0.05, 0.1) is 52.9 Å². The number of imidazole rings is 3. The molecular weight excluding hydrogens is 1280 g/mol. The summed E-state index contributed by atoms with van der Waals surface area (Å²) in [5, 5.41) is 12.0. The minimum Gasteiger partial charge on any atom is -0.353 e. The highest BCUT2D eigenvalue weighted by Crippen LogP contribution is 2.37. The summed E-state index contributed by atoms with van der Waals surface area (Å²) in [6, 6.07) is 13.4. The molecular formula is C60H72F6N18O6S3. The highest BCUT2D eigenvalue weighted by Gasteiger charge is 2.38. The van der Waals surface area contributed by atoms with Crippen molar-refractivity contribution in [1.82, 2.24) is 73.7 Å². The van der Waals surface area contributed by atoms with Crippen molar-refractivity contribution < 1.29 is 51.6 Å². The maximum absolute atomic E-state index is 13.1. The molecule has 24 nitrogen and oxygen atoms in total. The SMILES string of the molecule is CC1CC(CS(C)(=O)=O)C(C)N(c2cc(-c3cnc4ccc(C(F)F)nn34)ncn2)C1.CC1CC(CS(C)(=O)=O)C(C)N(c2cc(-c3cnc4ccc(C(F)F)nn34)ncn2)C1.CC1CC(CS(C)(=O)=O)C(C)N(c2cc(-c3cnc4ccc(C(F)F)nn34)ncn2)C1. The van der Waals surface area contributed by atoms with Gasteiger partial charge in [-0.3, -0.25) is 0 Å². The molecule has 9 aromatic rings. The minimum atomic E-state index is -3.11. The lowest BCUT2D eigenvalue weighted by molar-refractivity contribution is 0.144. The third kappa shape index (κ3) is 16.1. The van der Waals surface area contributed by atoms with E-state index in [0.717, 1.165) is 38.9 Å². The van der Waals surface area contributed by atoms with Gasteiger partial charge in [0.1, 0.15) is 100 Å². The van der Waals surface area contributed by atoms with E-state index in [1.54, 1.807) is 36.8 Å². The van der Waals surface area contributed by atoms with E-state index in [1.165, 1.54) is 87.7 Å². The molecule has 12 rings (SSSR count). The largest absolute Gasteiger partial charge is 0.353 e. The molecule has 12 heterocycles. The van der Waals surface area contributed by atoms with Gasteiger partial charge >= 0.3 is 0 Å². The van der Waals surface area contributed by atoms with Crippen LogP contribution in [-0.2, 0) is 29.5 Å². The van der Waals surface area contributed by atoms with Gasteiger partial charge in [0.25, 0.3) is 19.3 Å². The maximum atomic E-state index is 13.1. The molecule has 3 aliphatic rings. The fourth-order valence-corrected chi connectivity index (χ4v) is 16.4. The van der Waals surface area contributed by atoms with Crippen LogP contribution in [-0.4, -0.2) is 173 Å². The summed E-state index contributed by atoms with van der Waals surface area (Å²) in [5.74, 6) is 3.20. The Hall–Kier alpha value is -8.07. The number of halogens is 6. The van der Waals surface area contributed by atoms with Gasteiger partial charge < -0.3 is 14.7 Å². The Bertz CT molecular complexity index is 4040. The summed E-state index contributed by atoms with van der Waals surface area (Å²) in [4.78, 5) is 45.1. The van der Waals surface area contributed by atoms with E-state index in [0.29, 0.717) is 86.3 Å². The molecule has 9 atom stereocenters. The molecule has 3 fully saturated rings. The van der Waals surface area contributed by atoms with Gasteiger partial charge in [0.15, 0.2) is 16.9 Å². The number of aromatic nitrogens is 15. The van der Waals surface area contributed by atoms with Crippen molar-refractivity contribution in [3.05, 3.63) is 109 Å². The van der Waals surface area contributed by atoms with Crippen molar-refractivity contribution in [2.75, 3.05) is 70.4 Å². The Kier molecular flexibility index (Phi) is 20.0. The van der Waals surface area contributed by atoms with Crippen LogP contribution in [0.4, 0.5) is 43.8 Å². The molecule has 93 heavy (non-hydrogen) atoms. The number of hydrogen-bond acceptors (Lipinski definition) is 21. The highest BCUT2D eigenvalue weighted by atomic mass is 32.2. The first-order valence-electron chi connectivity index (χ1n) is 30.1. The Labute approximate surface area is 534 Å². The van der Waals surface area contributed by atoms with Crippen LogP contribution >= 0.6 is 0 Å². The second kappa shape index (κ2) is 27.5. The number of piperidine rings is 3. The van der Waals surface area contributed by atoms with Gasteiger partial charge in [-0.15, -0.1) is 0 Å². The molecule has 0 N–H and O–H groups in total. The second-order valence-electron chi connectivity index (χ2n) is 25.0. The minimum absolute atomic E-state index is 0.0109. The van der Waals surface area contributed by atoms with E-state index in [-0.39, 0.29) is 70.2 Å². The van der Waals surface area contributed by atoms with Crippen LogP contribution in [0, 0.1) is 35.5 Å². The monoisotopic (exact) mass is 1350 g/mol. The van der Waals surface area contributed by atoms with Gasteiger partial charge in [-0.1, -0.05) is 20.8 Å². The Morgan fingerprint density at radius 2 is 0.656 bits per heavy atom. The third-order valence-electron chi connectivity index (χ3n) is 17.2. The average molecular weight is 1350 g/mol. The first-order valence-corrected chi connectivity index (χ1v) is 36.2. The molecule has 0 amide bonds. The molecule has 0 aromatic carbocycles. The van der Waals surface area contributed by atoms with Crippen LogP contribution in [0.5, 0.6) is 0 Å². The average Bonchev–Trinajstić information content (AvgIpc) is 1.83. The Morgan fingerprint density at radius 1 is 0.398 bits per heavy atom. The van der Waals surface area contributed by atoms with Crippen molar-refractivity contribution in [2.24, 2.45) is 35.5 Å². The molecule has 0 aliphatic carbocycles. The molecule has 0 spiro atoms. The van der Waals surface area contributed by atoms with Crippen molar-refractivity contribution in [3.63, 3.8) is 0 Å². The van der Waals surface area contributed by atoms with E-state index in [1.807, 2.05) is 20.8 Å². The smallest absolute Gasteiger partial charge is 0.282 e. The van der Waals surface area contributed by atoms with Gasteiger partial charge in [-0.2, -0.15) is 15.3 Å². The van der Waals surface area contributed by atoms with Crippen LogP contribution < -0.4 is 14.7 Å². The molecule has 9 unspecified atom stereocenters. The van der Waals surface area contributed by atoms with Crippen molar-refractivity contribution in [2.45, 2.75) is 98.2 Å². The summed E-state index contributed by atoms with van der Waals surface area (Å²) < 4.78 is 154. The van der Waals surface area contributed by atoms with Crippen LogP contribution in [0.2, 0.25) is 0 Å². The van der Waals surface area contributed by atoms with Crippen LogP contribution in [0.1, 0.15) is 97.2 Å². The lowest BCUT2D eigenvalue weighted by Gasteiger charge is -2.43. The van der Waals surface area contributed by atoms with Crippen LogP contribution in [0.25, 0.3) is 51.1 Å². The number of sulfone groups is 3. The molecule has 3 saturated heterocycles. The van der Waals surface area contributed by atoms with Crippen molar-refractivity contribution in [3.8, 4) is 34.2 Å². The topological polar surface area (TPSA) is 280 Å². The zero-order valence-electron chi connectivity index (χ0n) is 52.4. The molecule has 9 aromatic heterocycles. The predicted molar refractivity (Wildman–Crippen MR) is 338 cm³/mol. The number of fused-ring (bicyclic) bond motifs is 3. The lowest BCUT2D eigenvalue weighted by atomic mass is 9.86. The zero-order chi connectivity index (χ0) is 67.0. The molecule has 498 valence electrons. The summed E-state index contributed by atoms with van der Waals surface area (Å²) in [5.41, 5.74) is 3.22. The normalized spacial score (nSPS) is 22.4. The maximum Gasteiger partial charge on any atom is 0.282 e. The zero-order valence-corrected chi connectivity index (χ0v) is 54.9. The van der Waals surface area contributed by atoms with Gasteiger partial charge in [-0.25, -0.2) is 110 Å². The molecule has 0 radical (unpaired) electrons. The number of nitrogens with zero attached hydrogens (tertiary/aromatic N) is 18. The van der Waals surface area contributed by atoms with Gasteiger partial charge in [0.2, 0.25) is 0 Å². The standard InChI is InChI=1S/3C20H24F2N6O2S/c3*1-12-6-14(10-31(3,29)30)13(2)27(9-12)19-7-16(24-11-25-19)17-8-23-18-5-4-15(20(21)22)26-28(17)18/h3*4-5,7-8,11-14,20H,6,9-10H2,1-3H3. The highest BCUT2D eigenvalue weighted by molar-refractivity contribution is 7.91. The predicted octanol–water partition coefficient (Wildman–Crippen LogP) is 9.06. The van der Waals surface area contributed by atoms with E-state index in [4.69, 9.17) is 0 Å². The summed E-state index contributed by atoms with van der Waals surface area (Å²) in [6.45, 7) is 14.5. The molecule has 3 aliphatic heterocycles. The van der Waals surface area contributed by atoms with Crippen LogP contribution in [0.15, 0.2) is 92.2 Å². The Morgan fingerprint density at radius 3 is 0.892 bits per heavy atom. The van der Waals surface area contributed by atoms with E-state index in [9.17, 15) is 51.6 Å². The second-order valence-corrected chi connectivity index (χ2v) is 31.5. The fourth-order valence-electron chi connectivity index (χ4n) is 12.8. The summed E-state index contributed by atoms with van der Waals surface area (Å²) in [7, 11) is -9.32. The summed E-state index contributed by atoms with van der Waals surface area (Å²) in [6.07, 6.45) is 7.06. The number of rotatable bonds is 15. The fraction of sp³-hybridized carbons (Fsp3) is 0.500. The van der Waals surface area contributed by atoms with E-state index < -0.39 is 48.8 Å². The number of alkyl halides is 6. The van der Waals surface area contributed by atoms with E-state index in [2.05, 4.69) is 95.6 Å². The summed E-state index contributed by atoms with van der Waals surface area (Å²) >= 11 is 0. The lowest BCUT2D eigenvalue weighted by Crippen LogP contribution is -2.49. The molecule has 0 saturated carbocycles. The van der Waals surface area contributed by atoms with Crippen LogP contribution in [0.3, 0.4) is 0 Å². The van der Waals surface area contributed by atoms with Crippen molar-refractivity contribution in [1.29, 1.82) is 0 Å². The van der Waals surface area contributed by atoms with Gasteiger partial charge in [0, 0.05) is 74.7 Å². The van der Waals surface area contributed by atoms with Gasteiger partial charge in [-0.05, 0) is 112 Å².